The van der Waals surface area contributed by atoms with Crippen LogP contribution in [0.15, 0.2) is 69.5 Å². The minimum atomic E-state index is 0.674. The van der Waals surface area contributed by atoms with Crippen LogP contribution in [0.3, 0.4) is 0 Å². The van der Waals surface area contributed by atoms with Gasteiger partial charge in [0.2, 0.25) is 0 Å². The Bertz CT molecular complexity index is 674. The quantitative estimate of drug-likeness (QED) is 0.236. The van der Waals surface area contributed by atoms with Gasteiger partial charge in [0, 0.05) is 15.5 Å². The number of unbranched alkanes of at least 4 members (excludes halogenated alkanes) is 1. The van der Waals surface area contributed by atoms with Gasteiger partial charge in [-0.3, -0.25) is 0 Å². The lowest BCUT2D eigenvalue weighted by Gasteiger charge is -2.08. The van der Waals surface area contributed by atoms with Crippen molar-refractivity contribution in [3.05, 3.63) is 75.5 Å². The Kier molecular flexibility index (Phi) is 6.62. The molecule has 22 heavy (non-hydrogen) atoms. The number of azide groups is 1. The van der Waals surface area contributed by atoms with Gasteiger partial charge in [0.15, 0.2) is 0 Å². The lowest BCUT2D eigenvalue weighted by atomic mass is 10.1. The highest BCUT2D eigenvalue weighted by atomic mass is 32.2. The average molecular weight is 309 g/mol. The Morgan fingerprint density at radius 1 is 1.14 bits per heavy atom. The highest BCUT2D eigenvalue weighted by Gasteiger charge is 2.03. The maximum absolute atomic E-state index is 8.69. The van der Waals surface area contributed by atoms with E-state index in [9.17, 15) is 0 Å². The minimum absolute atomic E-state index is 0.674. The smallest absolute Gasteiger partial charge is 0.0448 e. The average Bonchev–Trinajstić information content (AvgIpc) is 2.55. The number of allylic oxidation sites excluding steroid dienone is 1. The van der Waals surface area contributed by atoms with E-state index < -0.39 is 0 Å². The third-order valence-electron chi connectivity index (χ3n) is 3.17. The van der Waals surface area contributed by atoms with Crippen LogP contribution in [0.2, 0.25) is 0 Å². The van der Waals surface area contributed by atoms with Crippen molar-refractivity contribution in [1.29, 1.82) is 0 Å². The van der Waals surface area contributed by atoms with E-state index in [2.05, 4.69) is 35.2 Å². The zero-order chi connectivity index (χ0) is 15.6. The number of hydrogen-bond acceptors (Lipinski definition) is 2. The van der Waals surface area contributed by atoms with Crippen LogP contribution in [-0.2, 0) is 0 Å². The van der Waals surface area contributed by atoms with Crippen molar-refractivity contribution in [3.8, 4) is 0 Å². The molecule has 0 saturated heterocycles. The summed E-state index contributed by atoms with van der Waals surface area (Å²) in [5.74, 6) is 0. The molecule has 0 spiro atoms. The van der Waals surface area contributed by atoms with Gasteiger partial charge in [-0.25, -0.2) is 0 Å². The third kappa shape index (κ3) is 4.99. The van der Waals surface area contributed by atoms with Gasteiger partial charge < -0.3 is 0 Å². The molecule has 0 aliphatic heterocycles. The lowest BCUT2D eigenvalue weighted by Crippen LogP contribution is -1.82. The van der Waals surface area contributed by atoms with Crippen molar-refractivity contribution < 1.29 is 0 Å². The van der Waals surface area contributed by atoms with E-state index in [4.69, 9.17) is 5.53 Å². The van der Waals surface area contributed by atoms with Crippen molar-refractivity contribution in [2.75, 3.05) is 0 Å². The Balaban J connectivity index is 2.30. The summed E-state index contributed by atoms with van der Waals surface area (Å²) in [6.07, 6.45) is 5.47. The van der Waals surface area contributed by atoms with Crippen LogP contribution in [0.4, 0.5) is 5.69 Å². The number of hydrogen-bond donors (Lipinski definition) is 0. The van der Waals surface area contributed by atoms with Crippen molar-refractivity contribution >= 4 is 23.5 Å². The molecule has 0 N–H and O–H groups in total. The molecule has 0 heterocycles. The normalized spacial score (nSPS) is 11.0. The molecule has 3 nitrogen and oxygen atoms in total. The van der Waals surface area contributed by atoms with Gasteiger partial charge in [-0.05, 0) is 47.1 Å². The van der Waals surface area contributed by atoms with Crippen LogP contribution >= 0.6 is 11.8 Å². The largest absolute Gasteiger partial charge is 0.0945 e. The minimum Gasteiger partial charge on any atom is -0.0945 e. The van der Waals surface area contributed by atoms with Gasteiger partial charge >= 0.3 is 0 Å². The van der Waals surface area contributed by atoms with Crippen LogP contribution in [-0.4, -0.2) is 0 Å². The second-order valence-electron chi connectivity index (χ2n) is 4.88. The summed E-state index contributed by atoms with van der Waals surface area (Å²) in [7, 11) is 0. The molecule has 0 amide bonds. The number of rotatable bonds is 7. The van der Waals surface area contributed by atoms with Crippen molar-refractivity contribution in [1.82, 2.24) is 0 Å². The van der Waals surface area contributed by atoms with Crippen LogP contribution < -0.4 is 0 Å². The standard InChI is InChI=1S/C18H19N3S/c1-2-3-10-17(22-16-11-5-4-6-12-16)14-15-9-7-8-13-18(15)20-21-19/h4-9,11-14H,2-3,10H2,1H3/b17-14-. The molecule has 2 aromatic rings. The first-order valence-electron chi connectivity index (χ1n) is 7.41. The number of thioether (sulfide) groups is 1. The van der Waals surface area contributed by atoms with Gasteiger partial charge in [-0.2, -0.15) is 0 Å². The molecule has 0 atom stereocenters. The Morgan fingerprint density at radius 2 is 1.86 bits per heavy atom. The topological polar surface area (TPSA) is 48.8 Å². The second-order valence-corrected chi connectivity index (χ2v) is 6.08. The predicted octanol–water partition coefficient (Wildman–Crippen LogP) is 6.95. The van der Waals surface area contributed by atoms with Gasteiger partial charge in [0.25, 0.3) is 0 Å². The molecule has 0 unspecified atom stereocenters. The van der Waals surface area contributed by atoms with Crippen LogP contribution in [0, 0.1) is 0 Å². The van der Waals surface area contributed by atoms with Crippen LogP contribution in [0.5, 0.6) is 0 Å². The van der Waals surface area contributed by atoms with Crippen molar-refractivity contribution in [2.24, 2.45) is 5.11 Å². The molecule has 0 saturated carbocycles. The zero-order valence-electron chi connectivity index (χ0n) is 12.6. The zero-order valence-corrected chi connectivity index (χ0v) is 13.5. The molecule has 0 fully saturated rings. The summed E-state index contributed by atoms with van der Waals surface area (Å²) in [6.45, 7) is 2.19. The van der Waals surface area contributed by atoms with E-state index in [0.29, 0.717) is 5.69 Å². The maximum atomic E-state index is 8.69. The fourth-order valence-corrected chi connectivity index (χ4v) is 3.09. The summed E-state index contributed by atoms with van der Waals surface area (Å²) < 4.78 is 0. The predicted molar refractivity (Wildman–Crippen MR) is 95.0 cm³/mol. The summed E-state index contributed by atoms with van der Waals surface area (Å²) in [5.41, 5.74) is 10.3. The molecule has 4 heteroatoms. The summed E-state index contributed by atoms with van der Waals surface area (Å²) in [6, 6.07) is 18.0. The van der Waals surface area contributed by atoms with E-state index in [-0.39, 0.29) is 0 Å². The Labute approximate surface area is 135 Å². The monoisotopic (exact) mass is 309 g/mol. The Morgan fingerprint density at radius 3 is 2.59 bits per heavy atom. The van der Waals surface area contributed by atoms with Crippen LogP contribution in [0.25, 0.3) is 16.5 Å². The summed E-state index contributed by atoms with van der Waals surface area (Å²) in [4.78, 5) is 5.42. The third-order valence-corrected chi connectivity index (χ3v) is 4.27. The fourth-order valence-electron chi connectivity index (χ4n) is 2.07. The molecule has 112 valence electrons. The number of nitrogens with zero attached hydrogens (tertiary/aromatic N) is 3. The summed E-state index contributed by atoms with van der Waals surface area (Å²) in [5, 5.41) is 3.77. The first kappa shape index (κ1) is 16.2. The molecule has 0 bridgehead atoms. The molecule has 0 aromatic heterocycles. The van der Waals surface area contributed by atoms with Gasteiger partial charge in [-0.1, -0.05) is 72.7 Å². The van der Waals surface area contributed by atoms with Gasteiger partial charge in [-0.15, -0.1) is 0 Å². The Hall–Kier alpha value is -2.16. The highest BCUT2D eigenvalue weighted by Crippen LogP contribution is 2.33. The molecule has 0 aliphatic rings. The fraction of sp³-hybridized carbons (Fsp3) is 0.222. The molecule has 0 aliphatic carbocycles. The van der Waals surface area contributed by atoms with E-state index in [0.717, 1.165) is 24.8 Å². The van der Waals surface area contributed by atoms with Crippen molar-refractivity contribution in [3.63, 3.8) is 0 Å². The molecule has 0 radical (unpaired) electrons. The van der Waals surface area contributed by atoms with Gasteiger partial charge in [0.1, 0.15) is 0 Å². The number of benzene rings is 2. The van der Waals surface area contributed by atoms with Crippen molar-refractivity contribution in [2.45, 2.75) is 31.1 Å². The highest BCUT2D eigenvalue weighted by molar-refractivity contribution is 8.03. The van der Waals surface area contributed by atoms with Gasteiger partial charge in [0.05, 0.1) is 0 Å². The SMILES string of the molecule is CCCC/C(=C/c1ccccc1N=[N+]=[N-])Sc1ccccc1. The van der Waals surface area contributed by atoms with E-state index in [1.807, 2.05) is 42.5 Å². The van der Waals surface area contributed by atoms with E-state index in [1.165, 1.54) is 9.80 Å². The second kappa shape index (κ2) is 8.98. The molecule has 2 aromatic carbocycles. The van der Waals surface area contributed by atoms with E-state index in [1.54, 1.807) is 11.8 Å². The molecule has 2 rings (SSSR count). The lowest BCUT2D eigenvalue weighted by molar-refractivity contribution is 0.810. The first-order valence-corrected chi connectivity index (χ1v) is 8.22. The molecular formula is C18H19N3S. The molecular weight excluding hydrogens is 290 g/mol. The maximum Gasteiger partial charge on any atom is 0.0448 e. The first-order chi connectivity index (χ1) is 10.8. The van der Waals surface area contributed by atoms with Crippen LogP contribution in [0.1, 0.15) is 31.7 Å². The summed E-state index contributed by atoms with van der Waals surface area (Å²) >= 11 is 1.78. The van der Waals surface area contributed by atoms with E-state index >= 15 is 0 Å².